The first-order valence-electron chi connectivity index (χ1n) is 5.16. The fourth-order valence-electron chi connectivity index (χ4n) is 1.40. The van der Waals surface area contributed by atoms with E-state index in [9.17, 15) is 4.39 Å². The van der Waals surface area contributed by atoms with E-state index >= 15 is 0 Å². The Kier molecular flexibility index (Phi) is 4.74. The maximum absolute atomic E-state index is 13.1. The second-order valence-corrected chi connectivity index (χ2v) is 3.51. The molecule has 0 aliphatic carbocycles. The SMILES string of the molecule is CCC(COC)Nc1ccc(F)c(C#N)c1. The summed E-state index contributed by atoms with van der Waals surface area (Å²) in [5, 5.41) is 11.9. The number of nitrogens with zero attached hydrogens (tertiary/aromatic N) is 1. The van der Waals surface area contributed by atoms with Gasteiger partial charge in [-0.25, -0.2) is 4.39 Å². The average molecular weight is 222 g/mol. The van der Waals surface area contributed by atoms with E-state index in [-0.39, 0.29) is 11.6 Å². The van der Waals surface area contributed by atoms with Gasteiger partial charge in [-0.05, 0) is 24.6 Å². The van der Waals surface area contributed by atoms with Gasteiger partial charge in [-0.3, -0.25) is 0 Å². The zero-order valence-electron chi connectivity index (χ0n) is 9.46. The molecule has 0 fully saturated rings. The van der Waals surface area contributed by atoms with E-state index in [0.717, 1.165) is 12.1 Å². The Bertz CT molecular complexity index is 387. The monoisotopic (exact) mass is 222 g/mol. The summed E-state index contributed by atoms with van der Waals surface area (Å²) in [7, 11) is 1.63. The summed E-state index contributed by atoms with van der Waals surface area (Å²) in [6, 6.07) is 6.40. The van der Waals surface area contributed by atoms with Gasteiger partial charge in [0.2, 0.25) is 0 Å². The molecule has 0 heterocycles. The maximum Gasteiger partial charge on any atom is 0.141 e. The number of methoxy groups -OCH3 is 1. The van der Waals surface area contributed by atoms with Crippen LogP contribution in [0.15, 0.2) is 18.2 Å². The van der Waals surface area contributed by atoms with Crippen LogP contribution in [0.25, 0.3) is 0 Å². The predicted octanol–water partition coefficient (Wildman–Crippen LogP) is 2.53. The number of hydrogen-bond donors (Lipinski definition) is 1. The summed E-state index contributed by atoms with van der Waals surface area (Å²) < 4.78 is 18.1. The van der Waals surface area contributed by atoms with E-state index in [1.807, 2.05) is 13.0 Å². The molecule has 1 rings (SSSR count). The maximum atomic E-state index is 13.1. The van der Waals surface area contributed by atoms with Crippen LogP contribution < -0.4 is 5.32 Å². The summed E-state index contributed by atoms with van der Waals surface area (Å²) in [5.41, 5.74) is 0.791. The van der Waals surface area contributed by atoms with Gasteiger partial charge < -0.3 is 10.1 Å². The third-order valence-electron chi connectivity index (χ3n) is 2.32. The van der Waals surface area contributed by atoms with Crippen molar-refractivity contribution >= 4 is 5.69 Å². The lowest BCUT2D eigenvalue weighted by Gasteiger charge is -2.17. The highest BCUT2D eigenvalue weighted by Gasteiger charge is 2.07. The second-order valence-electron chi connectivity index (χ2n) is 3.51. The standard InChI is InChI=1S/C12H15FN2O/c1-3-10(8-16-2)15-11-4-5-12(13)9(6-11)7-14/h4-6,10,15H,3,8H2,1-2H3. The van der Waals surface area contributed by atoms with Gasteiger partial charge >= 0.3 is 0 Å². The fraction of sp³-hybridized carbons (Fsp3) is 0.417. The van der Waals surface area contributed by atoms with Crippen molar-refractivity contribution in [2.75, 3.05) is 19.0 Å². The highest BCUT2D eigenvalue weighted by molar-refractivity contribution is 5.50. The molecule has 1 atom stereocenters. The Hall–Kier alpha value is -1.60. The molecule has 0 bridgehead atoms. The summed E-state index contributed by atoms with van der Waals surface area (Å²) >= 11 is 0. The topological polar surface area (TPSA) is 45.0 Å². The number of halogens is 1. The lowest BCUT2D eigenvalue weighted by Crippen LogP contribution is -2.23. The highest BCUT2D eigenvalue weighted by atomic mass is 19.1. The summed E-state index contributed by atoms with van der Waals surface area (Å²) in [4.78, 5) is 0. The van der Waals surface area contributed by atoms with Gasteiger partial charge in [-0.2, -0.15) is 5.26 Å². The lowest BCUT2D eigenvalue weighted by atomic mass is 10.1. The summed E-state index contributed by atoms with van der Waals surface area (Å²) in [6.07, 6.45) is 0.896. The van der Waals surface area contributed by atoms with Crippen molar-refractivity contribution in [3.8, 4) is 6.07 Å². The van der Waals surface area contributed by atoms with Crippen molar-refractivity contribution in [2.45, 2.75) is 19.4 Å². The number of hydrogen-bond acceptors (Lipinski definition) is 3. The number of benzene rings is 1. The lowest BCUT2D eigenvalue weighted by molar-refractivity contribution is 0.184. The molecule has 1 aromatic rings. The van der Waals surface area contributed by atoms with Crippen molar-refractivity contribution in [3.05, 3.63) is 29.6 Å². The molecule has 0 saturated carbocycles. The Morgan fingerprint density at radius 2 is 2.31 bits per heavy atom. The predicted molar refractivity (Wildman–Crippen MR) is 60.7 cm³/mol. The molecule has 0 aromatic heterocycles. The number of nitriles is 1. The van der Waals surface area contributed by atoms with Crippen LogP contribution in [-0.4, -0.2) is 19.8 Å². The molecule has 0 aliphatic heterocycles. The minimum atomic E-state index is -0.493. The molecule has 1 N–H and O–H groups in total. The third-order valence-corrected chi connectivity index (χ3v) is 2.32. The smallest absolute Gasteiger partial charge is 0.141 e. The first-order valence-corrected chi connectivity index (χ1v) is 5.16. The molecular formula is C12H15FN2O. The van der Waals surface area contributed by atoms with Crippen molar-refractivity contribution in [2.24, 2.45) is 0 Å². The molecule has 0 saturated heterocycles. The molecular weight excluding hydrogens is 207 g/mol. The van der Waals surface area contributed by atoms with E-state index in [4.69, 9.17) is 10.00 Å². The van der Waals surface area contributed by atoms with E-state index in [0.29, 0.717) is 6.61 Å². The van der Waals surface area contributed by atoms with E-state index in [1.165, 1.54) is 12.1 Å². The average Bonchev–Trinajstić information content (AvgIpc) is 2.30. The molecule has 0 aliphatic rings. The van der Waals surface area contributed by atoms with Gasteiger partial charge in [-0.15, -0.1) is 0 Å². The molecule has 86 valence electrons. The van der Waals surface area contributed by atoms with Crippen LogP contribution in [0, 0.1) is 17.1 Å². The van der Waals surface area contributed by atoms with Gasteiger partial charge in [0.15, 0.2) is 0 Å². The summed E-state index contributed by atoms with van der Waals surface area (Å²) in [5.74, 6) is -0.493. The van der Waals surface area contributed by atoms with Crippen molar-refractivity contribution < 1.29 is 9.13 Å². The molecule has 0 spiro atoms. The van der Waals surface area contributed by atoms with Crippen molar-refractivity contribution in [3.63, 3.8) is 0 Å². The Morgan fingerprint density at radius 1 is 1.56 bits per heavy atom. The van der Waals surface area contributed by atoms with Gasteiger partial charge in [0.05, 0.1) is 12.2 Å². The van der Waals surface area contributed by atoms with Gasteiger partial charge in [0.25, 0.3) is 0 Å². The van der Waals surface area contributed by atoms with E-state index in [2.05, 4.69) is 5.32 Å². The first kappa shape index (κ1) is 12.5. The third kappa shape index (κ3) is 3.21. The molecule has 1 unspecified atom stereocenters. The van der Waals surface area contributed by atoms with Crippen LogP contribution in [0.1, 0.15) is 18.9 Å². The quantitative estimate of drug-likeness (QED) is 0.832. The number of rotatable bonds is 5. The molecule has 16 heavy (non-hydrogen) atoms. The number of anilines is 1. The Balaban J connectivity index is 2.77. The fourth-order valence-corrected chi connectivity index (χ4v) is 1.40. The van der Waals surface area contributed by atoms with Crippen LogP contribution in [0.2, 0.25) is 0 Å². The van der Waals surface area contributed by atoms with Crippen LogP contribution in [0.3, 0.4) is 0 Å². The van der Waals surface area contributed by atoms with Crippen LogP contribution in [0.4, 0.5) is 10.1 Å². The van der Waals surface area contributed by atoms with Crippen LogP contribution in [-0.2, 0) is 4.74 Å². The van der Waals surface area contributed by atoms with Gasteiger partial charge in [0, 0.05) is 18.8 Å². The zero-order chi connectivity index (χ0) is 12.0. The number of nitrogens with one attached hydrogen (secondary N) is 1. The number of ether oxygens (including phenoxy) is 1. The summed E-state index contributed by atoms with van der Waals surface area (Å²) in [6.45, 7) is 2.61. The molecule has 3 nitrogen and oxygen atoms in total. The van der Waals surface area contributed by atoms with Crippen LogP contribution >= 0.6 is 0 Å². The zero-order valence-corrected chi connectivity index (χ0v) is 9.46. The molecule has 0 amide bonds. The molecule has 1 aromatic carbocycles. The van der Waals surface area contributed by atoms with E-state index < -0.39 is 5.82 Å². The first-order chi connectivity index (χ1) is 7.71. The minimum absolute atomic E-state index is 0.0530. The van der Waals surface area contributed by atoms with Crippen molar-refractivity contribution in [1.29, 1.82) is 5.26 Å². The highest BCUT2D eigenvalue weighted by Crippen LogP contribution is 2.15. The van der Waals surface area contributed by atoms with E-state index in [1.54, 1.807) is 13.2 Å². The molecule has 0 radical (unpaired) electrons. The Labute approximate surface area is 94.8 Å². The van der Waals surface area contributed by atoms with Crippen molar-refractivity contribution in [1.82, 2.24) is 0 Å². The van der Waals surface area contributed by atoms with Crippen LogP contribution in [0.5, 0.6) is 0 Å². The van der Waals surface area contributed by atoms with Gasteiger partial charge in [0.1, 0.15) is 11.9 Å². The normalized spacial score (nSPS) is 11.9. The Morgan fingerprint density at radius 3 is 2.88 bits per heavy atom. The van der Waals surface area contributed by atoms with Gasteiger partial charge in [-0.1, -0.05) is 6.92 Å². The second kappa shape index (κ2) is 6.09. The molecule has 4 heteroatoms. The minimum Gasteiger partial charge on any atom is -0.383 e. The largest absolute Gasteiger partial charge is 0.383 e.